The molecule has 0 aliphatic heterocycles. The van der Waals surface area contributed by atoms with Gasteiger partial charge in [0.15, 0.2) is 0 Å². The van der Waals surface area contributed by atoms with Crippen molar-refractivity contribution in [1.82, 2.24) is 14.8 Å². The fraction of sp³-hybridized carbons (Fsp3) is 0.818. The molecule has 1 fully saturated rings. The van der Waals surface area contributed by atoms with Crippen molar-refractivity contribution in [2.75, 3.05) is 0 Å². The fourth-order valence-corrected chi connectivity index (χ4v) is 1.79. The van der Waals surface area contributed by atoms with Gasteiger partial charge in [-0.1, -0.05) is 13.8 Å². The average Bonchev–Trinajstić information content (AvgIpc) is 2.81. The zero-order chi connectivity index (χ0) is 10.9. The molecule has 84 valence electrons. The minimum atomic E-state index is -0.266. The number of hydrogen-bond donors (Lipinski definition) is 1. The van der Waals surface area contributed by atoms with Gasteiger partial charge in [0, 0.05) is 13.0 Å². The van der Waals surface area contributed by atoms with Crippen LogP contribution in [0.3, 0.4) is 0 Å². The number of aromatic nitrogens is 3. The van der Waals surface area contributed by atoms with Crippen LogP contribution in [0, 0.1) is 5.41 Å². The van der Waals surface area contributed by atoms with Crippen LogP contribution < -0.4 is 0 Å². The Morgan fingerprint density at radius 2 is 2.33 bits per heavy atom. The fourth-order valence-electron chi connectivity index (χ4n) is 1.79. The number of aryl methyl sites for hydroxylation is 1. The summed E-state index contributed by atoms with van der Waals surface area (Å²) in [5.41, 5.74) is 0.142. The largest absolute Gasteiger partial charge is 0.392 e. The quantitative estimate of drug-likeness (QED) is 0.797. The van der Waals surface area contributed by atoms with Crippen LogP contribution in [0.25, 0.3) is 0 Å². The molecule has 1 aromatic rings. The van der Waals surface area contributed by atoms with Crippen molar-refractivity contribution in [1.29, 1.82) is 0 Å². The molecule has 1 N–H and O–H groups in total. The molecule has 1 aliphatic carbocycles. The van der Waals surface area contributed by atoms with Crippen LogP contribution in [0.4, 0.5) is 0 Å². The van der Waals surface area contributed by atoms with Crippen LogP contribution in [0.15, 0.2) is 6.33 Å². The summed E-state index contributed by atoms with van der Waals surface area (Å²) in [6.07, 6.45) is 5.26. The first kappa shape index (κ1) is 10.6. The van der Waals surface area contributed by atoms with Gasteiger partial charge in [-0.15, -0.1) is 0 Å². The molecule has 0 radical (unpaired) electrons. The minimum absolute atomic E-state index is 0.142. The van der Waals surface area contributed by atoms with Crippen molar-refractivity contribution in [2.45, 2.75) is 52.2 Å². The second kappa shape index (κ2) is 3.93. The van der Waals surface area contributed by atoms with Gasteiger partial charge in [-0.05, 0) is 24.7 Å². The molecule has 4 nitrogen and oxygen atoms in total. The molecule has 1 heterocycles. The summed E-state index contributed by atoms with van der Waals surface area (Å²) in [6, 6.07) is 0. The Balaban J connectivity index is 2.00. The SMILES string of the molecule is CCCn1ncnc1CC(O)C1(C)CC1. The van der Waals surface area contributed by atoms with Gasteiger partial charge < -0.3 is 5.11 Å². The highest BCUT2D eigenvalue weighted by Crippen LogP contribution is 2.48. The summed E-state index contributed by atoms with van der Waals surface area (Å²) in [4.78, 5) is 4.21. The maximum atomic E-state index is 10.0. The van der Waals surface area contributed by atoms with Gasteiger partial charge in [0.2, 0.25) is 0 Å². The van der Waals surface area contributed by atoms with Gasteiger partial charge in [-0.25, -0.2) is 4.98 Å². The summed E-state index contributed by atoms with van der Waals surface area (Å²) in [7, 11) is 0. The lowest BCUT2D eigenvalue weighted by Gasteiger charge is -2.16. The maximum Gasteiger partial charge on any atom is 0.138 e. The van der Waals surface area contributed by atoms with E-state index in [4.69, 9.17) is 0 Å². The molecule has 0 aromatic carbocycles. The third-order valence-electron chi connectivity index (χ3n) is 3.35. The Hall–Kier alpha value is -0.900. The van der Waals surface area contributed by atoms with Crippen molar-refractivity contribution >= 4 is 0 Å². The first-order valence-electron chi connectivity index (χ1n) is 5.70. The molecular weight excluding hydrogens is 190 g/mol. The zero-order valence-corrected chi connectivity index (χ0v) is 9.48. The van der Waals surface area contributed by atoms with E-state index < -0.39 is 0 Å². The lowest BCUT2D eigenvalue weighted by atomic mass is 9.99. The number of rotatable bonds is 5. The van der Waals surface area contributed by atoms with Crippen LogP contribution >= 0.6 is 0 Å². The summed E-state index contributed by atoms with van der Waals surface area (Å²) >= 11 is 0. The normalized spacial score (nSPS) is 20.2. The van der Waals surface area contributed by atoms with E-state index in [2.05, 4.69) is 23.9 Å². The Morgan fingerprint density at radius 3 is 2.93 bits per heavy atom. The number of hydrogen-bond acceptors (Lipinski definition) is 3. The summed E-state index contributed by atoms with van der Waals surface area (Å²) < 4.78 is 1.90. The molecule has 1 aromatic heterocycles. The molecule has 0 bridgehead atoms. The maximum absolute atomic E-state index is 10.0. The van der Waals surface area contributed by atoms with Crippen LogP contribution in [-0.2, 0) is 13.0 Å². The average molecular weight is 209 g/mol. The van der Waals surface area contributed by atoms with Gasteiger partial charge in [-0.2, -0.15) is 5.10 Å². The standard InChI is InChI=1S/C11H19N3O/c1-3-6-14-10(12-8-13-14)7-9(15)11(2)4-5-11/h8-9,15H,3-7H2,1-2H3. The van der Waals surface area contributed by atoms with E-state index in [0.717, 1.165) is 31.6 Å². The highest BCUT2D eigenvalue weighted by atomic mass is 16.3. The molecule has 1 aliphatic rings. The smallest absolute Gasteiger partial charge is 0.138 e. The highest BCUT2D eigenvalue weighted by Gasteiger charge is 2.44. The predicted molar refractivity (Wildman–Crippen MR) is 57.4 cm³/mol. The van der Waals surface area contributed by atoms with E-state index >= 15 is 0 Å². The zero-order valence-electron chi connectivity index (χ0n) is 9.48. The molecule has 0 spiro atoms. The van der Waals surface area contributed by atoms with Gasteiger partial charge in [-0.3, -0.25) is 4.68 Å². The molecule has 0 amide bonds. The van der Waals surface area contributed by atoms with E-state index in [1.165, 1.54) is 0 Å². The van der Waals surface area contributed by atoms with Gasteiger partial charge in [0.25, 0.3) is 0 Å². The van der Waals surface area contributed by atoms with Crippen LogP contribution in [0.5, 0.6) is 0 Å². The van der Waals surface area contributed by atoms with Crippen LogP contribution in [0.2, 0.25) is 0 Å². The van der Waals surface area contributed by atoms with E-state index in [1.54, 1.807) is 6.33 Å². The highest BCUT2D eigenvalue weighted by molar-refractivity contribution is 5.00. The molecule has 0 saturated heterocycles. The Morgan fingerprint density at radius 1 is 1.60 bits per heavy atom. The first-order chi connectivity index (χ1) is 7.15. The Labute approximate surface area is 90.3 Å². The van der Waals surface area contributed by atoms with E-state index in [1.807, 2.05) is 4.68 Å². The van der Waals surface area contributed by atoms with Gasteiger partial charge in [0.05, 0.1) is 6.10 Å². The van der Waals surface area contributed by atoms with Crippen molar-refractivity contribution < 1.29 is 5.11 Å². The molecule has 15 heavy (non-hydrogen) atoms. The summed E-state index contributed by atoms with van der Waals surface area (Å²) in [5.74, 6) is 0.914. The summed E-state index contributed by atoms with van der Waals surface area (Å²) in [6.45, 7) is 5.14. The summed E-state index contributed by atoms with van der Waals surface area (Å²) in [5, 5.41) is 14.2. The first-order valence-corrected chi connectivity index (χ1v) is 5.70. The Bertz CT molecular complexity index is 330. The number of aliphatic hydroxyl groups excluding tert-OH is 1. The molecule has 1 atom stereocenters. The monoisotopic (exact) mass is 209 g/mol. The minimum Gasteiger partial charge on any atom is -0.392 e. The predicted octanol–water partition coefficient (Wildman–Crippen LogP) is 1.39. The van der Waals surface area contributed by atoms with Gasteiger partial charge >= 0.3 is 0 Å². The van der Waals surface area contributed by atoms with E-state index in [9.17, 15) is 5.11 Å². The Kier molecular flexibility index (Phi) is 2.78. The molecule has 4 heteroatoms. The van der Waals surface area contributed by atoms with E-state index in [0.29, 0.717) is 6.42 Å². The van der Waals surface area contributed by atoms with E-state index in [-0.39, 0.29) is 11.5 Å². The second-order valence-corrected chi connectivity index (χ2v) is 4.77. The van der Waals surface area contributed by atoms with Crippen molar-refractivity contribution in [3.63, 3.8) is 0 Å². The third-order valence-corrected chi connectivity index (χ3v) is 3.35. The molecular formula is C11H19N3O. The van der Waals surface area contributed by atoms with Crippen molar-refractivity contribution in [3.8, 4) is 0 Å². The van der Waals surface area contributed by atoms with Crippen LogP contribution in [0.1, 0.15) is 38.9 Å². The molecule has 1 saturated carbocycles. The van der Waals surface area contributed by atoms with Crippen molar-refractivity contribution in [3.05, 3.63) is 12.2 Å². The number of nitrogens with zero attached hydrogens (tertiary/aromatic N) is 3. The van der Waals surface area contributed by atoms with Crippen LogP contribution in [-0.4, -0.2) is 26.0 Å². The van der Waals surface area contributed by atoms with Gasteiger partial charge in [0.1, 0.15) is 12.2 Å². The lowest BCUT2D eigenvalue weighted by molar-refractivity contribution is 0.0999. The molecule has 2 rings (SSSR count). The molecule has 1 unspecified atom stereocenters. The lowest BCUT2D eigenvalue weighted by Crippen LogP contribution is -2.23. The van der Waals surface area contributed by atoms with Crippen molar-refractivity contribution in [2.24, 2.45) is 5.41 Å². The third kappa shape index (κ3) is 2.20. The second-order valence-electron chi connectivity index (χ2n) is 4.77. The topological polar surface area (TPSA) is 50.9 Å². The number of aliphatic hydroxyl groups is 1.